The summed E-state index contributed by atoms with van der Waals surface area (Å²) >= 11 is 0. The number of nitrogens with zero attached hydrogens (tertiary/aromatic N) is 4. The van der Waals surface area contributed by atoms with Crippen molar-refractivity contribution >= 4 is 41.6 Å². The fourth-order valence-corrected chi connectivity index (χ4v) is 3.18. The van der Waals surface area contributed by atoms with Gasteiger partial charge in [-0.25, -0.2) is 4.99 Å². The van der Waals surface area contributed by atoms with Crippen LogP contribution in [-0.2, 0) is 16.1 Å². The molecule has 9 heteroatoms. The van der Waals surface area contributed by atoms with Gasteiger partial charge >= 0.3 is 5.97 Å². The Bertz CT molecular complexity index is 773. The summed E-state index contributed by atoms with van der Waals surface area (Å²) in [7, 11) is 0. The Morgan fingerprint density at radius 3 is 2.89 bits per heavy atom. The number of esters is 1. The molecule has 0 aromatic carbocycles. The van der Waals surface area contributed by atoms with E-state index in [0.717, 1.165) is 30.9 Å². The number of aromatic nitrogens is 3. The highest BCUT2D eigenvalue weighted by molar-refractivity contribution is 14.0. The van der Waals surface area contributed by atoms with E-state index in [1.54, 1.807) is 0 Å². The first-order valence-electron chi connectivity index (χ1n) is 9.76. The molecule has 1 aliphatic rings. The minimum atomic E-state index is -0.0967. The minimum Gasteiger partial charge on any atom is -0.462 e. The molecular formula is C19H29IN6O2. The van der Waals surface area contributed by atoms with Crippen LogP contribution in [0.5, 0.6) is 0 Å². The van der Waals surface area contributed by atoms with Gasteiger partial charge < -0.3 is 15.4 Å². The van der Waals surface area contributed by atoms with E-state index in [-0.39, 0.29) is 36.0 Å². The molecule has 1 aliphatic carbocycles. The number of hydrogen-bond donors (Lipinski definition) is 2. The van der Waals surface area contributed by atoms with E-state index < -0.39 is 0 Å². The second-order valence-electron chi connectivity index (χ2n) is 6.67. The Kier molecular flexibility index (Phi) is 9.45. The van der Waals surface area contributed by atoms with Crippen molar-refractivity contribution in [2.24, 2.45) is 4.99 Å². The molecule has 0 bridgehead atoms. The average molecular weight is 500 g/mol. The van der Waals surface area contributed by atoms with Crippen LogP contribution in [0.3, 0.4) is 0 Å². The standard InChI is InChI=1S/C19H28N6O2.HI/c1-2-20-19(21-12-7-11-18(26)27-15-8-3-4-9-15)22-14-17-24-23-16-10-5-6-13-25(16)17;/h5-6,10,13,15H,2-4,7-9,11-12,14H2,1H3,(H2,20,21,22);1H. The zero-order valence-electron chi connectivity index (χ0n) is 16.3. The maximum Gasteiger partial charge on any atom is 0.306 e. The molecule has 0 spiro atoms. The monoisotopic (exact) mass is 500 g/mol. The zero-order valence-corrected chi connectivity index (χ0v) is 18.6. The molecule has 1 saturated carbocycles. The molecule has 0 atom stereocenters. The van der Waals surface area contributed by atoms with Crippen LogP contribution in [0.2, 0.25) is 0 Å². The first-order chi connectivity index (χ1) is 13.3. The number of pyridine rings is 1. The molecule has 2 N–H and O–H groups in total. The van der Waals surface area contributed by atoms with Crippen LogP contribution < -0.4 is 10.6 Å². The quantitative estimate of drug-likeness (QED) is 0.190. The van der Waals surface area contributed by atoms with Gasteiger partial charge in [-0.05, 0) is 51.2 Å². The predicted octanol–water partition coefficient (Wildman–Crippen LogP) is 2.67. The normalized spacial score (nSPS) is 14.7. The lowest BCUT2D eigenvalue weighted by atomic mass is 10.3. The van der Waals surface area contributed by atoms with E-state index in [9.17, 15) is 4.79 Å². The molecule has 1 fully saturated rings. The number of halogens is 1. The smallest absolute Gasteiger partial charge is 0.306 e. The van der Waals surface area contributed by atoms with Gasteiger partial charge in [0, 0.05) is 25.7 Å². The largest absolute Gasteiger partial charge is 0.462 e. The number of ether oxygens (including phenoxy) is 1. The third-order valence-electron chi connectivity index (χ3n) is 4.56. The Hall–Kier alpha value is -1.91. The van der Waals surface area contributed by atoms with Gasteiger partial charge in [0.15, 0.2) is 17.4 Å². The third-order valence-corrected chi connectivity index (χ3v) is 4.56. The molecular weight excluding hydrogens is 471 g/mol. The highest BCUT2D eigenvalue weighted by Gasteiger charge is 2.18. The number of hydrogen-bond acceptors (Lipinski definition) is 5. The van der Waals surface area contributed by atoms with Gasteiger partial charge in [0.1, 0.15) is 12.6 Å². The van der Waals surface area contributed by atoms with Gasteiger partial charge in [-0.3, -0.25) is 9.20 Å². The van der Waals surface area contributed by atoms with Crippen LogP contribution in [0.15, 0.2) is 29.4 Å². The summed E-state index contributed by atoms with van der Waals surface area (Å²) in [5.74, 6) is 1.39. The van der Waals surface area contributed by atoms with Gasteiger partial charge in [0.2, 0.25) is 0 Å². The molecule has 0 amide bonds. The third kappa shape index (κ3) is 6.61. The average Bonchev–Trinajstić information content (AvgIpc) is 3.33. The summed E-state index contributed by atoms with van der Waals surface area (Å²) in [6.07, 6.45) is 7.57. The molecule has 0 aliphatic heterocycles. The summed E-state index contributed by atoms with van der Waals surface area (Å²) in [6, 6.07) is 5.78. The molecule has 2 aromatic heterocycles. The minimum absolute atomic E-state index is 0. The molecule has 2 heterocycles. The topological polar surface area (TPSA) is 92.9 Å². The lowest BCUT2D eigenvalue weighted by Crippen LogP contribution is -2.38. The fourth-order valence-electron chi connectivity index (χ4n) is 3.18. The Balaban J connectivity index is 0.00000280. The Labute approximate surface area is 182 Å². The Morgan fingerprint density at radius 1 is 1.29 bits per heavy atom. The molecule has 154 valence electrons. The fraction of sp³-hybridized carbons (Fsp3) is 0.579. The van der Waals surface area contributed by atoms with Crippen molar-refractivity contribution in [2.45, 2.75) is 58.1 Å². The lowest BCUT2D eigenvalue weighted by Gasteiger charge is -2.12. The summed E-state index contributed by atoms with van der Waals surface area (Å²) in [5, 5.41) is 14.8. The predicted molar refractivity (Wildman–Crippen MR) is 119 cm³/mol. The lowest BCUT2D eigenvalue weighted by molar-refractivity contribution is -0.148. The number of nitrogens with one attached hydrogen (secondary N) is 2. The summed E-state index contributed by atoms with van der Waals surface area (Å²) in [5.41, 5.74) is 0.807. The maximum atomic E-state index is 11.9. The van der Waals surface area contributed by atoms with Gasteiger partial charge in [-0.2, -0.15) is 0 Å². The van der Waals surface area contributed by atoms with E-state index in [1.165, 1.54) is 12.8 Å². The molecule has 2 aromatic rings. The first kappa shape index (κ1) is 22.4. The van der Waals surface area contributed by atoms with Crippen molar-refractivity contribution in [1.82, 2.24) is 25.2 Å². The van der Waals surface area contributed by atoms with Gasteiger partial charge in [-0.1, -0.05) is 6.07 Å². The highest BCUT2D eigenvalue weighted by Crippen LogP contribution is 2.21. The molecule has 0 radical (unpaired) electrons. The van der Waals surface area contributed by atoms with E-state index in [2.05, 4.69) is 25.8 Å². The zero-order chi connectivity index (χ0) is 18.9. The number of carbonyl (C=O) groups is 1. The van der Waals surface area contributed by atoms with Crippen molar-refractivity contribution in [2.75, 3.05) is 13.1 Å². The molecule has 0 unspecified atom stereocenters. The number of guanidine groups is 1. The van der Waals surface area contributed by atoms with Crippen LogP contribution in [-0.4, -0.2) is 45.7 Å². The number of carbonyl (C=O) groups excluding carboxylic acids is 1. The first-order valence-corrected chi connectivity index (χ1v) is 9.76. The van der Waals surface area contributed by atoms with Crippen LogP contribution in [0, 0.1) is 0 Å². The van der Waals surface area contributed by atoms with Gasteiger partial charge in [-0.15, -0.1) is 34.2 Å². The second-order valence-corrected chi connectivity index (χ2v) is 6.67. The molecule has 8 nitrogen and oxygen atoms in total. The number of aliphatic imine (C=N–C) groups is 1. The van der Waals surface area contributed by atoms with E-state index in [1.807, 2.05) is 35.7 Å². The van der Waals surface area contributed by atoms with Crippen LogP contribution in [0.4, 0.5) is 0 Å². The van der Waals surface area contributed by atoms with Crippen molar-refractivity contribution in [3.63, 3.8) is 0 Å². The second kappa shape index (κ2) is 11.8. The van der Waals surface area contributed by atoms with Crippen molar-refractivity contribution in [1.29, 1.82) is 0 Å². The highest BCUT2D eigenvalue weighted by atomic mass is 127. The molecule has 3 rings (SSSR count). The van der Waals surface area contributed by atoms with Crippen LogP contribution >= 0.6 is 24.0 Å². The van der Waals surface area contributed by atoms with Crippen molar-refractivity contribution < 1.29 is 9.53 Å². The van der Waals surface area contributed by atoms with Crippen LogP contribution in [0.1, 0.15) is 51.3 Å². The van der Waals surface area contributed by atoms with Crippen LogP contribution in [0.25, 0.3) is 5.65 Å². The SMILES string of the molecule is CCNC(=NCc1nnc2ccccn12)NCCCC(=O)OC1CCCC1.I. The van der Waals surface area contributed by atoms with Crippen molar-refractivity contribution in [3.8, 4) is 0 Å². The van der Waals surface area contributed by atoms with E-state index >= 15 is 0 Å². The number of rotatable bonds is 8. The molecule has 28 heavy (non-hydrogen) atoms. The van der Waals surface area contributed by atoms with Gasteiger partial charge in [0.05, 0.1) is 0 Å². The summed E-state index contributed by atoms with van der Waals surface area (Å²) < 4.78 is 7.40. The van der Waals surface area contributed by atoms with Crippen molar-refractivity contribution in [3.05, 3.63) is 30.2 Å². The van der Waals surface area contributed by atoms with E-state index in [4.69, 9.17) is 4.74 Å². The van der Waals surface area contributed by atoms with E-state index in [0.29, 0.717) is 31.9 Å². The van der Waals surface area contributed by atoms with Gasteiger partial charge in [0.25, 0.3) is 0 Å². The maximum absolute atomic E-state index is 11.9. The summed E-state index contributed by atoms with van der Waals surface area (Å²) in [4.78, 5) is 16.4. The summed E-state index contributed by atoms with van der Waals surface area (Å²) in [6.45, 7) is 3.86. The molecule has 0 saturated heterocycles. The Morgan fingerprint density at radius 2 is 2.11 bits per heavy atom. The number of fused-ring (bicyclic) bond motifs is 1.